The zero-order valence-corrected chi connectivity index (χ0v) is 6.53. The van der Waals surface area contributed by atoms with Gasteiger partial charge in [0.15, 0.2) is 0 Å². The molecule has 2 aromatic rings. The molecule has 12 heavy (non-hydrogen) atoms. The van der Waals surface area contributed by atoms with Crippen molar-refractivity contribution in [2.24, 2.45) is 0 Å². The highest BCUT2D eigenvalue weighted by molar-refractivity contribution is 5.89. The molecule has 60 valence electrons. The summed E-state index contributed by atoms with van der Waals surface area (Å²) in [6, 6.07) is 7.48. The number of para-hydroxylation sites is 1. The van der Waals surface area contributed by atoms with Crippen LogP contribution < -0.4 is 0 Å². The maximum absolute atomic E-state index is 11.2. The van der Waals surface area contributed by atoms with Crippen LogP contribution in [0.25, 0.3) is 17.0 Å². The Kier molecular flexibility index (Phi) is 1.40. The summed E-state index contributed by atoms with van der Waals surface area (Å²) in [5.74, 6) is 0. The molecule has 0 saturated carbocycles. The van der Waals surface area contributed by atoms with Crippen molar-refractivity contribution in [2.45, 2.75) is 0 Å². The van der Waals surface area contributed by atoms with E-state index in [1.807, 2.05) is 18.2 Å². The van der Waals surface area contributed by atoms with Crippen molar-refractivity contribution in [1.82, 2.24) is 4.73 Å². The highest BCUT2D eigenvalue weighted by Gasteiger charge is 1.98. The lowest BCUT2D eigenvalue weighted by Gasteiger charge is -2.05. The molecule has 1 aromatic heterocycles. The van der Waals surface area contributed by atoms with Gasteiger partial charge in [0.05, 0.1) is 0 Å². The molecule has 1 heterocycles. The molecule has 0 atom stereocenters. The Labute approximate surface area is 70.3 Å². The van der Waals surface area contributed by atoms with E-state index in [-0.39, 0.29) is 0 Å². The summed E-state index contributed by atoms with van der Waals surface area (Å²) in [6.45, 7) is 3.64. The molecule has 0 amide bonds. The normalized spacial score (nSPS) is 10.3. The van der Waals surface area contributed by atoms with Crippen LogP contribution in [0.5, 0.6) is 0 Å². The molecule has 0 fully saturated rings. The summed E-state index contributed by atoms with van der Waals surface area (Å²) in [5, 5.41) is 12.2. The summed E-state index contributed by atoms with van der Waals surface area (Å²) in [7, 11) is 0. The number of aromatic nitrogens is 1. The highest BCUT2D eigenvalue weighted by Crippen LogP contribution is 2.20. The van der Waals surface area contributed by atoms with Gasteiger partial charge in [-0.05, 0) is 11.6 Å². The summed E-state index contributed by atoms with van der Waals surface area (Å²) >= 11 is 0. The van der Waals surface area contributed by atoms with Crippen LogP contribution in [0.2, 0.25) is 0 Å². The molecule has 0 N–H and O–H groups in total. The van der Waals surface area contributed by atoms with Gasteiger partial charge in [0, 0.05) is 17.1 Å². The Hall–Kier alpha value is -1.70. The molecule has 2 rings (SSSR count). The summed E-state index contributed by atoms with van der Waals surface area (Å²) in [5.41, 5.74) is 1.59. The van der Waals surface area contributed by atoms with Crippen LogP contribution >= 0.6 is 0 Å². The van der Waals surface area contributed by atoms with Crippen molar-refractivity contribution in [3.63, 3.8) is 0 Å². The van der Waals surface area contributed by atoms with Gasteiger partial charge in [-0.15, -0.1) is 0 Å². The number of benzene rings is 1. The van der Waals surface area contributed by atoms with E-state index >= 15 is 0 Å². The van der Waals surface area contributed by atoms with E-state index in [0.29, 0.717) is 5.52 Å². The number of nitrogens with zero attached hydrogens (tertiary/aromatic N) is 1. The van der Waals surface area contributed by atoms with E-state index in [2.05, 4.69) is 6.58 Å². The molecule has 2 nitrogen and oxygen atoms in total. The van der Waals surface area contributed by atoms with Gasteiger partial charge in [0.2, 0.25) is 0 Å². The monoisotopic (exact) mass is 158 g/mol. The van der Waals surface area contributed by atoms with Gasteiger partial charge in [0.1, 0.15) is 0 Å². The van der Waals surface area contributed by atoms with Crippen molar-refractivity contribution >= 4 is 17.0 Å². The first-order valence-electron chi connectivity index (χ1n) is 3.73. The minimum absolute atomic E-state index is 0.701. The van der Waals surface area contributed by atoms with Crippen LogP contribution in [0.15, 0.2) is 37.0 Å². The number of hydrogen-bond acceptors (Lipinski definition) is 1. The molecule has 0 bridgehead atoms. The van der Waals surface area contributed by atoms with E-state index in [9.17, 15) is 5.21 Å². The predicted molar refractivity (Wildman–Crippen MR) is 50.8 cm³/mol. The van der Waals surface area contributed by atoms with Crippen LogP contribution in [0, 0.1) is 5.21 Å². The summed E-state index contributed by atoms with van der Waals surface area (Å²) in [4.78, 5) is 0. The maximum atomic E-state index is 11.2. The molecule has 0 saturated heterocycles. The molecule has 2 heteroatoms. The third kappa shape index (κ3) is 0.815. The van der Waals surface area contributed by atoms with Crippen LogP contribution in [-0.4, -0.2) is 4.73 Å². The topological polar surface area (TPSA) is 28.0 Å². The minimum atomic E-state index is 0.701. The fraction of sp³-hybridized carbons (Fsp3) is 0. The fourth-order valence-corrected chi connectivity index (χ4v) is 1.34. The van der Waals surface area contributed by atoms with E-state index in [0.717, 1.165) is 15.7 Å². The quantitative estimate of drug-likeness (QED) is 0.627. The second-order valence-corrected chi connectivity index (χ2v) is 2.63. The molecular formula is C10H8NO-. The largest absolute Gasteiger partial charge is 0.806 e. The van der Waals surface area contributed by atoms with Gasteiger partial charge in [-0.25, -0.2) is 0 Å². The summed E-state index contributed by atoms with van der Waals surface area (Å²) < 4.78 is 0.867. The van der Waals surface area contributed by atoms with Crippen molar-refractivity contribution in [2.75, 3.05) is 0 Å². The Morgan fingerprint density at radius 2 is 2.08 bits per heavy atom. The minimum Gasteiger partial charge on any atom is -0.806 e. The predicted octanol–water partition coefficient (Wildman–Crippen LogP) is 2.63. The number of rotatable bonds is 1. The Bertz CT molecular complexity index is 428. The molecule has 0 aliphatic carbocycles. The van der Waals surface area contributed by atoms with Crippen molar-refractivity contribution in [3.05, 3.63) is 47.8 Å². The second-order valence-electron chi connectivity index (χ2n) is 2.63. The number of fused-ring (bicyclic) bond motifs is 1. The molecule has 0 spiro atoms. The van der Waals surface area contributed by atoms with Gasteiger partial charge >= 0.3 is 0 Å². The average Bonchev–Trinajstić information content (AvgIpc) is 2.44. The van der Waals surface area contributed by atoms with E-state index in [4.69, 9.17) is 0 Å². The molecule has 0 aliphatic rings. The first-order valence-corrected chi connectivity index (χ1v) is 3.73. The standard InChI is InChI=1S/C10H8NO/c1-2-8-7-11(12)10-6-4-3-5-9(8)10/h2-7H,1H2/q-1. The zero-order chi connectivity index (χ0) is 8.55. The third-order valence-corrected chi connectivity index (χ3v) is 1.93. The summed E-state index contributed by atoms with van der Waals surface area (Å²) in [6.07, 6.45) is 3.23. The Morgan fingerprint density at radius 3 is 2.83 bits per heavy atom. The maximum Gasteiger partial charge on any atom is 0.0439 e. The Balaban J connectivity index is 2.91. The van der Waals surface area contributed by atoms with Gasteiger partial charge in [-0.1, -0.05) is 30.9 Å². The first kappa shape index (κ1) is 6.98. The number of hydrogen-bond donors (Lipinski definition) is 0. The average molecular weight is 158 g/mol. The lowest BCUT2D eigenvalue weighted by atomic mass is 10.2. The van der Waals surface area contributed by atoms with E-state index < -0.39 is 0 Å². The molecule has 0 aliphatic heterocycles. The van der Waals surface area contributed by atoms with E-state index in [1.165, 1.54) is 6.20 Å². The van der Waals surface area contributed by atoms with Crippen molar-refractivity contribution in [1.29, 1.82) is 0 Å². The van der Waals surface area contributed by atoms with Gasteiger partial charge in [0.25, 0.3) is 0 Å². The molecule has 0 unspecified atom stereocenters. The Morgan fingerprint density at radius 1 is 1.33 bits per heavy atom. The highest BCUT2D eigenvalue weighted by atomic mass is 16.5. The lowest BCUT2D eigenvalue weighted by Crippen LogP contribution is -1.78. The van der Waals surface area contributed by atoms with Gasteiger partial charge in [-0.3, -0.25) is 0 Å². The van der Waals surface area contributed by atoms with Crippen LogP contribution in [0.4, 0.5) is 0 Å². The second kappa shape index (κ2) is 2.41. The van der Waals surface area contributed by atoms with E-state index in [1.54, 1.807) is 12.1 Å². The lowest BCUT2D eigenvalue weighted by molar-refractivity contribution is 1.15. The van der Waals surface area contributed by atoms with Crippen molar-refractivity contribution < 1.29 is 0 Å². The van der Waals surface area contributed by atoms with Gasteiger partial charge in [-0.2, -0.15) is 0 Å². The smallest absolute Gasteiger partial charge is 0.0439 e. The van der Waals surface area contributed by atoms with Gasteiger partial charge < -0.3 is 9.94 Å². The zero-order valence-electron chi connectivity index (χ0n) is 6.53. The molecular weight excluding hydrogens is 150 g/mol. The fourth-order valence-electron chi connectivity index (χ4n) is 1.34. The van der Waals surface area contributed by atoms with Crippen LogP contribution in [0.1, 0.15) is 5.56 Å². The SMILES string of the molecule is C=Cc1cn([O-])c2ccccc12. The first-order chi connectivity index (χ1) is 5.83. The van der Waals surface area contributed by atoms with Crippen LogP contribution in [-0.2, 0) is 0 Å². The molecule has 0 radical (unpaired) electrons. The van der Waals surface area contributed by atoms with Crippen molar-refractivity contribution in [3.8, 4) is 0 Å². The van der Waals surface area contributed by atoms with Crippen LogP contribution in [0.3, 0.4) is 0 Å². The third-order valence-electron chi connectivity index (χ3n) is 1.93. The molecule has 1 aromatic carbocycles.